The van der Waals surface area contributed by atoms with E-state index in [4.69, 9.17) is 0 Å². The van der Waals surface area contributed by atoms with Crippen molar-refractivity contribution in [2.45, 2.75) is 0 Å². The molecule has 20 heavy (non-hydrogen) atoms. The van der Waals surface area contributed by atoms with Gasteiger partial charge in [-0.15, -0.1) is 0 Å². The molecule has 2 aromatic carbocycles. The summed E-state index contributed by atoms with van der Waals surface area (Å²) in [5, 5.41) is 9.31. The highest BCUT2D eigenvalue weighted by atomic mass is 19.2. The molecule has 0 spiro atoms. The summed E-state index contributed by atoms with van der Waals surface area (Å²) in [6, 6.07) is 1.88. The quantitative estimate of drug-likeness (QED) is 0.660. The minimum absolute atomic E-state index is 0.399. The van der Waals surface area contributed by atoms with E-state index in [1.165, 1.54) is 0 Å². The van der Waals surface area contributed by atoms with E-state index in [1.807, 2.05) is 0 Å². The third-order valence-electron chi connectivity index (χ3n) is 2.38. The predicted molar refractivity (Wildman–Crippen MR) is 61.6 cm³/mol. The highest BCUT2D eigenvalue weighted by molar-refractivity contribution is 5.85. The van der Waals surface area contributed by atoms with Crippen LogP contribution >= 0.6 is 0 Å². The van der Waals surface area contributed by atoms with Crippen molar-refractivity contribution in [2.75, 3.05) is 0 Å². The summed E-state index contributed by atoms with van der Waals surface area (Å²) in [4.78, 5) is 3.30. The zero-order chi connectivity index (χ0) is 14.9. The molecular weight excluding hydrogens is 281 g/mol. The molecule has 0 unspecified atom stereocenters. The first-order valence-electron chi connectivity index (χ1n) is 5.25. The van der Waals surface area contributed by atoms with Crippen molar-refractivity contribution in [1.29, 1.82) is 0 Å². The zero-order valence-electron chi connectivity index (χ0n) is 9.67. The van der Waals surface area contributed by atoms with Gasteiger partial charge in [-0.1, -0.05) is 0 Å². The lowest BCUT2D eigenvalue weighted by Crippen LogP contribution is -1.92. The van der Waals surface area contributed by atoms with E-state index >= 15 is 0 Å². The third-order valence-corrected chi connectivity index (χ3v) is 2.38. The molecule has 0 saturated heterocycles. The van der Waals surface area contributed by atoms with Crippen LogP contribution in [0, 0.1) is 29.1 Å². The van der Waals surface area contributed by atoms with Crippen molar-refractivity contribution in [3.63, 3.8) is 0 Å². The van der Waals surface area contributed by atoms with Crippen LogP contribution in [-0.2, 0) is 0 Å². The Labute approximate surface area is 109 Å². The average molecular weight is 287 g/mol. The van der Waals surface area contributed by atoms with Crippen molar-refractivity contribution in [3.8, 4) is 5.75 Å². The number of halogens is 5. The van der Waals surface area contributed by atoms with E-state index in [-0.39, 0.29) is 0 Å². The van der Waals surface area contributed by atoms with E-state index in [0.717, 1.165) is 0 Å². The zero-order valence-corrected chi connectivity index (χ0v) is 9.67. The molecule has 7 heteroatoms. The molecule has 0 aromatic heterocycles. The lowest BCUT2D eigenvalue weighted by atomic mass is 10.2. The van der Waals surface area contributed by atoms with Gasteiger partial charge in [0.2, 0.25) is 0 Å². The second kappa shape index (κ2) is 5.28. The molecule has 0 aliphatic heterocycles. The number of benzene rings is 2. The summed E-state index contributed by atoms with van der Waals surface area (Å²) in [7, 11) is 0. The smallest absolute Gasteiger partial charge is 0.154 e. The van der Waals surface area contributed by atoms with E-state index < -0.39 is 46.1 Å². The Morgan fingerprint density at radius 2 is 1.30 bits per heavy atom. The highest BCUT2D eigenvalue weighted by Gasteiger charge is 2.12. The molecule has 0 aliphatic carbocycles. The van der Waals surface area contributed by atoms with Gasteiger partial charge in [0.1, 0.15) is 28.9 Å². The molecule has 0 amide bonds. The van der Waals surface area contributed by atoms with Crippen LogP contribution in [0.2, 0.25) is 0 Å². The van der Waals surface area contributed by atoms with Gasteiger partial charge in [0.15, 0.2) is 11.6 Å². The van der Waals surface area contributed by atoms with Gasteiger partial charge in [0, 0.05) is 30.5 Å². The molecular formula is C13H6F5NO. The Morgan fingerprint density at radius 1 is 0.800 bits per heavy atom. The molecule has 104 valence electrons. The van der Waals surface area contributed by atoms with Crippen LogP contribution < -0.4 is 0 Å². The van der Waals surface area contributed by atoms with E-state index in [1.54, 1.807) is 0 Å². The number of aromatic hydroxyl groups is 1. The number of rotatable bonds is 2. The topological polar surface area (TPSA) is 32.6 Å². The molecule has 2 aromatic rings. The second-order valence-corrected chi connectivity index (χ2v) is 3.80. The lowest BCUT2D eigenvalue weighted by Gasteiger charge is -2.02. The Hall–Kier alpha value is -2.44. The van der Waals surface area contributed by atoms with Crippen molar-refractivity contribution in [3.05, 3.63) is 58.9 Å². The maximum Gasteiger partial charge on any atom is 0.154 e. The van der Waals surface area contributed by atoms with Crippen molar-refractivity contribution >= 4 is 11.9 Å². The Morgan fingerprint density at radius 3 is 1.85 bits per heavy atom. The van der Waals surface area contributed by atoms with Gasteiger partial charge in [0.25, 0.3) is 0 Å². The van der Waals surface area contributed by atoms with Crippen LogP contribution in [-0.4, -0.2) is 11.3 Å². The minimum Gasteiger partial charge on any atom is -0.507 e. The van der Waals surface area contributed by atoms with Crippen LogP contribution in [0.1, 0.15) is 5.56 Å². The summed E-state index contributed by atoms with van der Waals surface area (Å²) >= 11 is 0. The minimum atomic E-state index is -1.29. The molecule has 0 bridgehead atoms. The van der Waals surface area contributed by atoms with Gasteiger partial charge in [-0.3, -0.25) is 0 Å². The Bertz CT molecular complexity index is 594. The standard InChI is InChI=1S/C13H6F5NO/c14-6-2-10(17)13(11(18)3-6)19-5-8-9(16)1-7(15)4-12(8)20/h1-5,20H/b19-5+. The van der Waals surface area contributed by atoms with Gasteiger partial charge in [-0.25, -0.2) is 26.9 Å². The molecule has 2 rings (SSSR count). The number of phenols is 1. The van der Waals surface area contributed by atoms with Gasteiger partial charge >= 0.3 is 0 Å². The fraction of sp³-hybridized carbons (Fsp3) is 0. The van der Waals surface area contributed by atoms with Crippen molar-refractivity contribution < 1.29 is 27.1 Å². The largest absolute Gasteiger partial charge is 0.507 e. The molecule has 1 N–H and O–H groups in total. The SMILES string of the molecule is Oc1cc(F)cc(F)c1/C=N/c1c(F)cc(F)cc1F. The van der Waals surface area contributed by atoms with Gasteiger partial charge in [-0.05, 0) is 0 Å². The van der Waals surface area contributed by atoms with Crippen LogP contribution in [0.15, 0.2) is 29.3 Å². The Kier molecular flexibility index (Phi) is 3.69. The fourth-order valence-electron chi connectivity index (χ4n) is 1.49. The number of hydrogen-bond acceptors (Lipinski definition) is 2. The summed E-state index contributed by atoms with van der Waals surface area (Å²) < 4.78 is 65.3. The maximum absolute atomic E-state index is 13.3. The number of aliphatic imine (C=N–C) groups is 1. The predicted octanol–water partition coefficient (Wildman–Crippen LogP) is 3.84. The summed E-state index contributed by atoms with van der Waals surface area (Å²) in [6.07, 6.45) is 0.615. The number of phenolic OH excluding ortho intramolecular Hbond substituents is 1. The molecule has 2 nitrogen and oxygen atoms in total. The first kappa shape index (κ1) is 14.0. The van der Waals surface area contributed by atoms with Crippen molar-refractivity contribution in [2.24, 2.45) is 4.99 Å². The van der Waals surface area contributed by atoms with Crippen LogP contribution in [0.5, 0.6) is 5.75 Å². The summed E-state index contributed by atoms with van der Waals surface area (Å²) in [6.45, 7) is 0. The van der Waals surface area contributed by atoms with Crippen LogP contribution in [0.4, 0.5) is 27.6 Å². The second-order valence-electron chi connectivity index (χ2n) is 3.80. The first-order chi connectivity index (χ1) is 9.38. The maximum atomic E-state index is 13.3. The molecule has 0 fully saturated rings. The van der Waals surface area contributed by atoms with Crippen molar-refractivity contribution in [1.82, 2.24) is 0 Å². The Balaban J connectivity index is 2.45. The van der Waals surface area contributed by atoms with E-state index in [9.17, 15) is 27.1 Å². The van der Waals surface area contributed by atoms with Gasteiger partial charge < -0.3 is 5.11 Å². The molecule has 0 aliphatic rings. The fourth-order valence-corrected chi connectivity index (χ4v) is 1.49. The number of nitrogens with zero attached hydrogens (tertiary/aromatic N) is 1. The first-order valence-corrected chi connectivity index (χ1v) is 5.25. The summed E-state index contributed by atoms with van der Waals surface area (Å²) in [5.74, 6) is -6.67. The van der Waals surface area contributed by atoms with Gasteiger partial charge in [-0.2, -0.15) is 0 Å². The van der Waals surface area contributed by atoms with E-state index in [2.05, 4.69) is 4.99 Å². The summed E-state index contributed by atoms with van der Waals surface area (Å²) in [5.41, 5.74) is -1.40. The molecule has 0 saturated carbocycles. The molecule has 0 radical (unpaired) electrons. The van der Waals surface area contributed by atoms with Gasteiger partial charge in [0.05, 0.1) is 5.56 Å². The third kappa shape index (κ3) is 2.76. The normalized spacial score (nSPS) is 11.2. The average Bonchev–Trinajstić information content (AvgIpc) is 2.30. The van der Waals surface area contributed by atoms with E-state index in [0.29, 0.717) is 30.5 Å². The lowest BCUT2D eigenvalue weighted by molar-refractivity contribution is 0.459. The highest BCUT2D eigenvalue weighted by Crippen LogP contribution is 2.25. The van der Waals surface area contributed by atoms with Crippen LogP contribution in [0.3, 0.4) is 0 Å². The number of hydrogen-bond donors (Lipinski definition) is 1. The van der Waals surface area contributed by atoms with Crippen LogP contribution in [0.25, 0.3) is 0 Å². The monoisotopic (exact) mass is 287 g/mol. The molecule has 0 atom stereocenters. The molecule has 0 heterocycles.